The van der Waals surface area contributed by atoms with Crippen LogP contribution in [0, 0.1) is 12.7 Å². The molecule has 1 unspecified atom stereocenters. The topological polar surface area (TPSA) is 20.2 Å². The first-order valence-corrected chi connectivity index (χ1v) is 6.59. The second kappa shape index (κ2) is 7.44. The molecule has 0 fully saturated rings. The summed E-state index contributed by atoms with van der Waals surface area (Å²) in [5.41, 5.74) is 1.70. The first-order chi connectivity index (χ1) is 8.15. The smallest absolute Gasteiger partial charge is 0.123 e. The number of aliphatic hydroxyl groups is 1. The Morgan fingerprint density at radius 3 is 2.59 bits per heavy atom. The van der Waals surface area contributed by atoms with Gasteiger partial charge in [0.1, 0.15) is 5.82 Å². The summed E-state index contributed by atoms with van der Waals surface area (Å²) in [5, 5.41) is 10.0. The average molecular weight is 238 g/mol. The zero-order chi connectivity index (χ0) is 12.7. The molecule has 0 aliphatic rings. The van der Waals surface area contributed by atoms with Crippen LogP contribution in [0.15, 0.2) is 18.2 Å². The van der Waals surface area contributed by atoms with Crippen molar-refractivity contribution in [2.45, 2.75) is 58.5 Å². The monoisotopic (exact) mass is 238 g/mol. The van der Waals surface area contributed by atoms with Crippen LogP contribution in [0.5, 0.6) is 0 Å². The molecular formula is C15H23FO. The maximum Gasteiger partial charge on any atom is 0.123 e. The first-order valence-electron chi connectivity index (χ1n) is 6.59. The Kier molecular flexibility index (Phi) is 6.20. The highest BCUT2D eigenvalue weighted by atomic mass is 19.1. The second-order valence-corrected chi connectivity index (χ2v) is 4.72. The number of hydrogen-bond acceptors (Lipinski definition) is 1. The molecular weight excluding hydrogens is 215 g/mol. The van der Waals surface area contributed by atoms with Crippen molar-refractivity contribution >= 4 is 0 Å². The van der Waals surface area contributed by atoms with E-state index in [0.29, 0.717) is 0 Å². The van der Waals surface area contributed by atoms with Gasteiger partial charge in [0.2, 0.25) is 0 Å². The van der Waals surface area contributed by atoms with Crippen LogP contribution in [0.25, 0.3) is 0 Å². The quantitative estimate of drug-likeness (QED) is 0.692. The van der Waals surface area contributed by atoms with Gasteiger partial charge in [-0.3, -0.25) is 0 Å². The van der Waals surface area contributed by atoms with Gasteiger partial charge < -0.3 is 5.11 Å². The van der Waals surface area contributed by atoms with Crippen LogP contribution in [-0.2, 0) is 0 Å². The fraction of sp³-hybridized carbons (Fsp3) is 0.600. The van der Waals surface area contributed by atoms with Gasteiger partial charge in [0, 0.05) is 0 Å². The molecule has 0 amide bonds. The molecule has 0 aliphatic heterocycles. The fourth-order valence-electron chi connectivity index (χ4n) is 2.07. The Labute approximate surface area is 104 Å². The highest BCUT2D eigenvalue weighted by Crippen LogP contribution is 2.23. The van der Waals surface area contributed by atoms with Crippen LogP contribution in [-0.4, -0.2) is 5.11 Å². The van der Waals surface area contributed by atoms with E-state index in [1.807, 2.05) is 6.92 Å². The van der Waals surface area contributed by atoms with Gasteiger partial charge in [-0.05, 0) is 36.6 Å². The summed E-state index contributed by atoms with van der Waals surface area (Å²) >= 11 is 0. The Balaban J connectivity index is 2.41. The summed E-state index contributed by atoms with van der Waals surface area (Å²) in [6.45, 7) is 4.10. The number of halogens is 1. The van der Waals surface area contributed by atoms with E-state index in [9.17, 15) is 9.50 Å². The van der Waals surface area contributed by atoms with Crippen LogP contribution in [0.3, 0.4) is 0 Å². The van der Waals surface area contributed by atoms with E-state index in [-0.39, 0.29) is 5.82 Å². The molecule has 0 saturated carbocycles. The molecule has 96 valence electrons. The Morgan fingerprint density at radius 1 is 1.18 bits per heavy atom. The summed E-state index contributed by atoms with van der Waals surface area (Å²) in [6, 6.07) is 4.61. The van der Waals surface area contributed by atoms with Crippen molar-refractivity contribution in [1.82, 2.24) is 0 Å². The van der Waals surface area contributed by atoms with Gasteiger partial charge in [-0.25, -0.2) is 4.39 Å². The zero-order valence-electron chi connectivity index (χ0n) is 10.9. The largest absolute Gasteiger partial charge is 0.388 e. The van der Waals surface area contributed by atoms with E-state index in [1.54, 1.807) is 6.07 Å². The van der Waals surface area contributed by atoms with Crippen LogP contribution in [0.4, 0.5) is 4.39 Å². The minimum atomic E-state index is -0.521. The number of unbranched alkanes of at least 4 members (excludes halogenated alkanes) is 4. The molecule has 1 N–H and O–H groups in total. The molecule has 1 rings (SSSR count). The van der Waals surface area contributed by atoms with Gasteiger partial charge >= 0.3 is 0 Å². The van der Waals surface area contributed by atoms with Crippen molar-refractivity contribution in [3.8, 4) is 0 Å². The Morgan fingerprint density at radius 2 is 1.88 bits per heavy atom. The fourth-order valence-corrected chi connectivity index (χ4v) is 2.07. The molecule has 1 atom stereocenters. The molecule has 0 spiro atoms. The van der Waals surface area contributed by atoms with Crippen molar-refractivity contribution in [2.75, 3.05) is 0 Å². The Hall–Kier alpha value is -0.890. The molecule has 17 heavy (non-hydrogen) atoms. The normalized spacial score (nSPS) is 12.7. The zero-order valence-corrected chi connectivity index (χ0v) is 10.9. The minimum absolute atomic E-state index is 0.268. The van der Waals surface area contributed by atoms with Crippen LogP contribution < -0.4 is 0 Å². The van der Waals surface area contributed by atoms with Gasteiger partial charge in [-0.1, -0.05) is 45.1 Å². The summed E-state index contributed by atoms with van der Waals surface area (Å²) < 4.78 is 13.1. The molecule has 0 radical (unpaired) electrons. The number of rotatable bonds is 7. The average Bonchev–Trinajstić information content (AvgIpc) is 2.32. The van der Waals surface area contributed by atoms with E-state index in [4.69, 9.17) is 0 Å². The Bertz CT molecular complexity index is 336. The molecule has 0 bridgehead atoms. The summed E-state index contributed by atoms with van der Waals surface area (Å²) in [4.78, 5) is 0. The highest BCUT2D eigenvalue weighted by molar-refractivity contribution is 5.28. The van der Waals surface area contributed by atoms with Crippen molar-refractivity contribution in [1.29, 1.82) is 0 Å². The minimum Gasteiger partial charge on any atom is -0.388 e. The van der Waals surface area contributed by atoms with Crippen LogP contribution in [0.1, 0.15) is 62.7 Å². The first kappa shape index (κ1) is 14.2. The molecule has 0 aliphatic carbocycles. The third kappa shape index (κ3) is 4.86. The third-order valence-corrected chi connectivity index (χ3v) is 3.18. The van der Waals surface area contributed by atoms with E-state index >= 15 is 0 Å². The van der Waals surface area contributed by atoms with Crippen molar-refractivity contribution in [2.24, 2.45) is 0 Å². The molecule has 0 heterocycles. The van der Waals surface area contributed by atoms with E-state index in [0.717, 1.165) is 30.4 Å². The summed E-state index contributed by atoms with van der Waals surface area (Å²) in [5.74, 6) is -0.268. The predicted molar refractivity (Wildman–Crippen MR) is 69.5 cm³/mol. The molecule has 0 saturated heterocycles. The van der Waals surface area contributed by atoms with Gasteiger partial charge in [0.15, 0.2) is 0 Å². The summed E-state index contributed by atoms with van der Waals surface area (Å²) in [7, 11) is 0. The lowest BCUT2D eigenvalue weighted by molar-refractivity contribution is 0.162. The lowest BCUT2D eigenvalue weighted by Crippen LogP contribution is -2.01. The van der Waals surface area contributed by atoms with Gasteiger partial charge in [0.05, 0.1) is 6.10 Å². The molecule has 2 heteroatoms. The van der Waals surface area contributed by atoms with E-state index < -0.39 is 6.10 Å². The highest BCUT2D eigenvalue weighted by Gasteiger charge is 2.10. The molecule has 0 aromatic heterocycles. The lowest BCUT2D eigenvalue weighted by atomic mass is 9.98. The van der Waals surface area contributed by atoms with Crippen molar-refractivity contribution in [3.05, 3.63) is 35.1 Å². The van der Waals surface area contributed by atoms with Crippen molar-refractivity contribution in [3.63, 3.8) is 0 Å². The number of aliphatic hydroxyl groups excluding tert-OH is 1. The molecule has 1 aromatic rings. The van der Waals surface area contributed by atoms with Gasteiger partial charge in [0.25, 0.3) is 0 Å². The number of aryl methyl sites for hydroxylation is 1. The van der Waals surface area contributed by atoms with E-state index in [1.165, 1.54) is 31.4 Å². The SMILES string of the molecule is CCCCCCCC(O)c1cc(F)ccc1C. The predicted octanol–water partition coefficient (Wildman–Crippen LogP) is 4.53. The van der Waals surface area contributed by atoms with Crippen molar-refractivity contribution < 1.29 is 9.50 Å². The van der Waals surface area contributed by atoms with Crippen LogP contribution >= 0.6 is 0 Å². The maximum atomic E-state index is 13.1. The standard InChI is InChI=1S/C15H23FO/c1-3-4-5-6-7-8-15(17)14-11-13(16)10-9-12(14)2/h9-11,15,17H,3-8H2,1-2H3. The molecule has 1 aromatic carbocycles. The van der Waals surface area contributed by atoms with Gasteiger partial charge in [-0.15, -0.1) is 0 Å². The lowest BCUT2D eigenvalue weighted by Gasteiger charge is -2.13. The number of benzene rings is 1. The number of hydrogen-bond donors (Lipinski definition) is 1. The third-order valence-electron chi connectivity index (χ3n) is 3.18. The van der Waals surface area contributed by atoms with Crippen LogP contribution in [0.2, 0.25) is 0 Å². The maximum absolute atomic E-state index is 13.1. The molecule has 1 nitrogen and oxygen atoms in total. The van der Waals surface area contributed by atoms with E-state index in [2.05, 4.69) is 6.92 Å². The van der Waals surface area contributed by atoms with Gasteiger partial charge in [-0.2, -0.15) is 0 Å². The second-order valence-electron chi connectivity index (χ2n) is 4.72. The summed E-state index contributed by atoms with van der Waals surface area (Å²) in [6.07, 6.45) is 6.09.